The highest BCUT2D eigenvalue weighted by Gasteiger charge is 2.32. The number of amides is 1. The van der Waals surface area contributed by atoms with Gasteiger partial charge in [-0.1, -0.05) is 48.5 Å². The van der Waals surface area contributed by atoms with Crippen molar-refractivity contribution in [2.24, 2.45) is 5.92 Å². The topological polar surface area (TPSA) is 66.8 Å². The zero-order chi connectivity index (χ0) is 16.2. The Balaban J connectivity index is 1.77. The Morgan fingerprint density at radius 3 is 2.52 bits per heavy atom. The van der Waals surface area contributed by atoms with Crippen LogP contribution in [0.3, 0.4) is 0 Å². The molecular weight excluding hydrogens is 294 g/mol. The molecule has 2 aromatic rings. The average Bonchev–Trinajstić information content (AvgIpc) is 2.59. The fourth-order valence-corrected chi connectivity index (χ4v) is 2.73. The van der Waals surface area contributed by atoms with Crippen LogP contribution < -0.4 is 4.90 Å². The molecule has 0 radical (unpaired) electrons. The summed E-state index contributed by atoms with van der Waals surface area (Å²) in [6.07, 6.45) is -0.0965. The van der Waals surface area contributed by atoms with Crippen molar-refractivity contribution in [1.29, 1.82) is 0 Å². The van der Waals surface area contributed by atoms with Crippen LogP contribution in [0.4, 0.5) is 10.5 Å². The number of rotatable bonds is 3. The molecule has 0 bridgehead atoms. The maximum Gasteiger partial charge on any atom is 0.414 e. The molecule has 0 saturated heterocycles. The predicted octanol–water partition coefficient (Wildman–Crippen LogP) is 3.09. The SMILES string of the molecule is O=C(O)[C@@H]1Cc2ccccc2N(C(=O)OCc2ccccc2)C1. The van der Waals surface area contributed by atoms with Gasteiger partial charge in [0.2, 0.25) is 0 Å². The number of para-hydroxylation sites is 1. The van der Waals surface area contributed by atoms with Crippen LogP contribution in [0.2, 0.25) is 0 Å². The summed E-state index contributed by atoms with van der Waals surface area (Å²) in [5, 5.41) is 9.29. The lowest BCUT2D eigenvalue weighted by atomic mass is 9.93. The largest absolute Gasteiger partial charge is 0.481 e. The third-order valence-corrected chi connectivity index (χ3v) is 3.93. The predicted molar refractivity (Wildman–Crippen MR) is 85.2 cm³/mol. The van der Waals surface area contributed by atoms with E-state index in [1.807, 2.05) is 54.6 Å². The molecule has 0 aliphatic carbocycles. The van der Waals surface area contributed by atoms with E-state index < -0.39 is 18.0 Å². The second-order valence-corrected chi connectivity index (χ2v) is 5.52. The minimum atomic E-state index is -0.902. The fraction of sp³-hybridized carbons (Fsp3) is 0.222. The normalized spacial score (nSPS) is 16.5. The highest BCUT2D eigenvalue weighted by atomic mass is 16.6. The lowest BCUT2D eigenvalue weighted by Gasteiger charge is -2.32. The van der Waals surface area contributed by atoms with Gasteiger partial charge < -0.3 is 9.84 Å². The van der Waals surface area contributed by atoms with Gasteiger partial charge in [0, 0.05) is 6.54 Å². The van der Waals surface area contributed by atoms with Crippen molar-refractivity contribution in [1.82, 2.24) is 0 Å². The molecule has 5 heteroatoms. The molecule has 118 valence electrons. The first-order valence-electron chi connectivity index (χ1n) is 7.44. The van der Waals surface area contributed by atoms with E-state index in [0.29, 0.717) is 6.42 Å². The van der Waals surface area contributed by atoms with Gasteiger partial charge in [-0.15, -0.1) is 0 Å². The number of nitrogens with zero attached hydrogens (tertiary/aromatic N) is 1. The first-order chi connectivity index (χ1) is 11.1. The van der Waals surface area contributed by atoms with Gasteiger partial charge in [0.05, 0.1) is 11.6 Å². The number of carboxylic acid groups (broad SMARTS) is 1. The van der Waals surface area contributed by atoms with Crippen LogP contribution in [0.25, 0.3) is 0 Å². The van der Waals surface area contributed by atoms with Gasteiger partial charge in [0.15, 0.2) is 0 Å². The van der Waals surface area contributed by atoms with Crippen LogP contribution in [0.5, 0.6) is 0 Å². The Morgan fingerprint density at radius 2 is 1.78 bits per heavy atom. The molecule has 0 spiro atoms. The average molecular weight is 311 g/mol. The Hall–Kier alpha value is -2.82. The van der Waals surface area contributed by atoms with Crippen LogP contribution in [0.15, 0.2) is 54.6 Å². The summed E-state index contributed by atoms with van der Waals surface area (Å²) in [6, 6.07) is 16.7. The minimum Gasteiger partial charge on any atom is -0.481 e. The maximum absolute atomic E-state index is 12.4. The Kier molecular flexibility index (Phi) is 4.28. The number of ether oxygens (including phenoxy) is 1. The van der Waals surface area contributed by atoms with Crippen LogP contribution in [0.1, 0.15) is 11.1 Å². The van der Waals surface area contributed by atoms with Crippen LogP contribution >= 0.6 is 0 Å². The molecule has 23 heavy (non-hydrogen) atoms. The van der Waals surface area contributed by atoms with Gasteiger partial charge in [-0.3, -0.25) is 9.69 Å². The molecule has 1 heterocycles. The zero-order valence-corrected chi connectivity index (χ0v) is 12.5. The second-order valence-electron chi connectivity index (χ2n) is 5.52. The van der Waals surface area contributed by atoms with E-state index in [9.17, 15) is 14.7 Å². The second kappa shape index (κ2) is 6.52. The number of aliphatic carboxylic acids is 1. The third kappa shape index (κ3) is 3.34. The molecule has 1 amide bonds. The highest BCUT2D eigenvalue weighted by Crippen LogP contribution is 2.30. The number of hydrogen-bond acceptors (Lipinski definition) is 3. The molecule has 5 nitrogen and oxygen atoms in total. The summed E-state index contributed by atoms with van der Waals surface area (Å²) in [4.78, 5) is 25.2. The molecule has 3 rings (SSSR count). The summed E-state index contributed by atoms with van der Waals surface area (Å²) in [6.45, 7) is 0.288. The lowest BCUT2D eigenvalue weighted by molar-refractivity contribution is -0.141. The summed E-state index contributed by atoms with van der Waals surface area (Å²) >= 11 is 0. The van der Waals surface area contributed by atoms with Crippen molar-refractivity contribution in [3.05, 3.63) is 65.7 Å². The van der Waals surface area contributed by atoms with Crippen molar-refractivity contribution < 1.29 is 19.4 Å². The standard InChI is InChI=1S/C18H17NO4/c20-17(21)15-10-14-8-4-5-9-16(14)19(11-15)18(22)23-12-13-6-2-1-3-7-13/h1-9,15H,10-12H2,(H,20,21)/t15-/m1/s1. The smallest absolute Gasteiger partial charge is 0.414 e. The zero-order valence-electron chi connectivity index (χ0n) is 12.5. The van der Waals surface area contributed by atoms with E-state index in [1.165, 1.54) is 4.90 Å². The Labute approximate surface area is 134 Å². The Morgan fingerprint density at radius 1 is 1.09 bits per heavy atom. The van der Waals surface area contributed by atoms with E-state index in [2.05, 4.69) is 0 Å². The van der Waals surface area contributed by atoms with Crippen LogP contribution in [-0.4, -0.2) is 23.7 Å². The van der Waals surface area contributed by atoms with Crippen LogP contribution in [-0.2, 0) is 22.6 Å². The molecule has 1 aliphatic heterocycles. The molecule has 0 aromatic heterocycles. The highest BCUT2D eigenvalue weighted by molar-refractivity contribution is 5.91. The number of carbonyl (C=O) groups is 2. The van der Waals surface area contributed by atoms with E-state index >= 15 is 0 Å². The van der Waals surface area contributed by atoms with Crippen molar-refractivity contribution in [2.75, 3.05) is 11.4 Å². The third-order valence-electron chi connectivity index (χ3n) is 3.93. The summed E-state index contributed by atoms with van der Waals surface area (Å²) in [5.74, 6) is -1.52. The summed E-state index contributed by atoms with van der Waals surface area (Å²) in [7, 11) is 0. The molecule has 0 fully saturated rings. The molecule has 2 aromatic carbocycles. The number of fused-ring (bicyclic) bond motifs is 1. The fourth-order valence-electron chi connectivity index (χ4n) is 2.73. The summed E-state index contributed by atoms with van der Waals surface area (Å²) in [5.41, 5.74) is 2.46. The molecule has 1 atom stereocenters. The van der Waals surface area contributed by atoms with Gasteiger partial charge in [0.1, 0.15) is 6.61 Å². The molecular formula is C18H17NO4. The monoisotopic (exact) mass is 311 g/mol. The first-order valence-corrected chi connectivity index (χ1v) is 7.44. The van der Waals surface area contributed by atoms with E-state index in [4.69, 9.17) is 4.74 Å². The number of carboxylic acids is 1. The quantitative estimate of drug-likeness (QED) is 0.946. The number of anilines is 1. The van der Waals surface area contributed by atoms with Gasteiger partial charge in [-0.2, -0.15) is 0 Å². The minimum absolute atomic E-state index is 0.125. The molecule has 1 aliphatic rings. The van der Waals surface area contributed by atoms with Crippen molar-refractivity contribution in [3.8, 4) is 0 Å². The van der Waals surface area contributed by atoms with E-state index in [1.54, 1.807) is 0 Å². The lowest BCUT2D eigenvalue weighted by Crippen LogP contribution is -2.42. The van der Waals surface area contributed by atoms with Gasteiger partial charge >= 0.3 is 12.1 Å². The first kappa shape index (κ1) is 15.1. The van der Waals surface area contributed by atoms with Gasteiger partial charge in [-0.25, -0.2) is 4.79 Å². The maximum atomic E-state index is 12.4. The molecule has 0 unspecified atom stereocenters. The van der Waals surface area contributed by atoms with Crippen molar-refractivity contribution >= 4 is 17.7 Å². The van der Waals surface area contributed by atoms with E-state index in [0.717, 1.165) is 16.8 Å². The van der Waals surface area contributed by atoms with Crippen LogP contribution in [0, 0.1) is 5.92 Å². The van der Waals surface area contributed by atoms with Crippen molar-refractivity contribution in [3.63, 3.8) is 0 Å². The van der Waals surface area contributed by atoms with Gasteiger partial charge in [0.25, 0.3) is 0 Å². The van der Waals surface area contributed by atoms with E-state index in [-0.39, 0.29) is 13.2 Å². The number of carbonyl (C=O) groups excluding carboxylic acids is 1. The molecule has 1 N–H and O–H groups in total. The van der Waals surface area contributed by atoms with Crippen molar-refractivity contribution in [2.45, 2.75) is 13.0 Å². The Bertz CT molecular complexity index is 714. The number of hydrogen-bond donors (Lipinski definition) is 1. The molecule has 0 saturated carbocycles. The van der Waals surface area contributed by atoms with Gasteiger partial charge in [-0.05, 0) is 23.6 Å². The number of benzene rings is 2. The summed E-state index contributed by atoms with van der Waals surface area (Å²) < 4.78 is 5.35.